The molecular weight excluding hydrogens is 312 g/mol. The first-order chi connectivity index (χ1) is 12.2. The number of anilines is 2. The Labute approximate surface area is 146 Å². The molecule has 0 spiro atoms. The zero-order chi connectivity index (χ0) is 17.2. The maximum absolute atomic E-state index is 12.3. The van der Waals surface area contributed by atoms with E-state index in [0.717, 1.165) is 36.6 Å². The number of aromatic nitrogens is 2. The van der Waals surface area contributed by atoms with Gasteiger partial charge in [0.1, 0.15) is 0 Å². The summed E-state index contributed by atoms with van der Waals surface area (Å²) in [4.78, 5) is 16.3. The fourth-order valence-corrected chi connectivity index (χ4v) is 3.36. The van der Waals surface area contributed by atoms with Crippen molar-refractivity contribution >= 4 is 17.4 Å². The zero-order valence-electron chi connectivity index (χ0n) is 14.1. The average Bonchev–Trinajstić information content (AvgIpc) is 3.18. The van der Waals surface area contributed by atoms with Crippen LogP contribution in [-0.2, 0) is 24.4 Å². The van der Waals surface area contributed by atoms with Crippen molar-refractivity contribution in [3.05, 3.63) is 77.5 Å². The summed E-state index contributed by atoms with van der Waals surface area (Å²) in [5.41, 5.74) is 4.32. The molecule has 0 fully saturated rings. The van der Waals surface area contributed by atoms with Gasteiger partial charge in [-0.2, -0.15) is 5.10 Å². The number of rotatable bonds is 4. The Balaban J connectivity index is 1.60. The lowest BCUT2D eigenvalue weighted by molar-refractivity contribution is -0.115. The Morgan fingerprint density at radius 3 is 2.44 bits per heavy atom. The third-order valence-electron chi connectivity index (χ3n) is 4.48. The highest BCUT2D eigenvalue weighted by Crippen LogP contribution is 2.34. The van der Waals surface area contributed by atoms with E-state index in [4.69, 9.17) is 0 Å². The van der Waals surface area contributed by atoms with Crippen molar-refractivity contribution in [2.45, 2.75) is 26.6 Å². The van der Waals surface area contributed by atoms with Crippen molar-refractivity contribution in [1.29, 1.82) is 0 Å². The summed E-state index contributed by atoms with van der Waals surface area (Å²) in [6, 6.07) is 20.1. The van der Waals surface area contributed by atoms with Crippen LogP contribution in [0.25, 0.3) is 0 Å². The van der Waals surface area contributed by atoms with E-state index in [9.17, 15) is 4.79 Å². The van der Waals surface area contributed by atoms with Gasteiger partial charge in [-0.1, -0.05) is 48.5 Å². The maximum Gasteiger partial charge on any atom is 0.229 e. The largest absolute Gasteiger partial charge is 0.289 e. The van der Waals surface area contributed by atoms with Crippen LogP contribution in [0.3, 0.4) is 0 Å². The first-order valence-corrected chi connectivity index (χ1v) is 8.40. The molecule has 1 amide bonds. The molecule has 4 rings (SSSR count). The number of hydrogen-bond acceptors (Lipinski definition) is 3. The van der Waals surface area contributed by atoms with Gasteiger partial charge in [-0.25, -0.2) is 0 Å². The molecule has 5 heteroatoms. The van der Waals surface area contributed by atoms with Crippen LogP contribution in [-0.4, -0.2) is 21.0 Å². The van der Waals surface area contributed by atoms with Crippen LogP contribution in [0.2, 0.25) is 0 Å². The monoisotopic (exact) mass is 332 g/mol. The average molecular weight is 332 g/mol. The SMILES string of the molecule is CC(=O)N(c1ccccc1)c1n[nH]c2c1CN(Cc1ccccc1)C2. The Morgan fingerprint density at radius 1 is 1.08 bits per heavy atom. The fourth-order valence-electron chi connectivity index (χ4n) is 3.36. The van der Waals surface area contributed by atoms with Gasteiger partial charge in [0.05, 0.1) is 11.4 Å². The number of benzene rings is 2. The van der Waals surface area contributed by atoms with Gasteiger partial charge in [0.2, 0.25) is 5.91 Å². The molecule has 1 aromatic heterocycles. The minimum absolute atomic E-state index is 0.0398. The summed E-state index contributed by atoms with van der Waals surface area (Å²) in [6.07, 6.45) is 0. The molecule has 5 nitrogen and oxygen atoms in total. The number of hydrogen-bond donors (Lipinski definition) is 1. The number of H-pyrrole nitrogens is 1. The van der Waals surface area contributed by atoms with Crippen molar-refractivity contribution in [3.63, 3.8) is 0 Å². The lowest BCUT2D eigenvalue weighted by Crippen LogP contribution is -2.25. The summed E-state index contributed by atoms with van der Waals surface area (Å²) in [7, 11) is 0. The number of para-hydroxylation sites is 1. The molecule has 2 aromatic carbocycles. The van der Waals surface area contributed by atoms with Crippen LogP contribution >= 0.6 is 0 Å². The fraction of sp³-hybridized carbons (Fsp3) is 0.200. The molecule has 0 saturated heterocycles. The number of amides is 1. The van der Waals surface area contributed by atoms with Gasteiger partial charge in [0.25, 0.3) is 0 Å². The third kappa shape index (κ3) is 3.06. The van der Waals surface area contributed by atoms with Crippen molar-refractivity contribution in [2.24, 2.45) is 0 Å². The van der Waals surface area contributed by atoms with Gasteiger partial charge in [0.15, 0.2) is 5.82 Å². The molecular formula is C20H20N4O. The van der Waals surface area contributed by atoms with Crippen LogP contribution in [0, 0.1) is 0 Å². The highest BCUT2D eigenvalue weighted by molar-refractivity contribution is 5.98. The molecule has 126 valence electrons. The van der Waals surface area contributed by atoms with Crippen LogP contribution in [0.4, 0.5) is 11.5 Å². The van der Waals surface area contributed by atoms with Crippen LogP contribution in [0.5, 0.6) is 0 Å². The summed E-state index contributed by atoms with van der Waals surface area (Å²) in [6.45, 7) is 4.06. The highest BCUT2D eigenvalue weighted by Gasteiger charge is 2.29. The molecule has 3 aromatic rings. The first kappa shape index (κ1) is 15.6. The topological polar surface area (TPSA) is 52.2 Å². The molecule has 25 heavy (non-hydrogen) atoms. The number of nitrogens with one attached hydrogen (secondary N) is 1. The van der Waals surface area contributed by atoms with E-state index in [2.05, 4.69) is 39.4 Å². The smallest absolute Gasteiger partial charge is 0.229 e. The van der Waals surface area contributed by atoms with Crippen LogP contribution in [0.1, 0.15) is 23.7 Å². The molecule has 0 aliphatic carbocycles. The minimum Gasteiger partial charge on any atom is -0.289 e. The molecule has 0 radical (unpaired) electrons. The summed E-state index contributed by atoms with van der Waals surface area (Å²) in [5, 5.41) is 7.55. The second-order valence-electron chi connectivity index (χ2n) is 6.33. The number of carbonyl (C=O) groups excluding carboxylic acids is 1. The van der Waals surface area contributed by atoms with Crippen LogP contribution in [0.15, 0.2) is 60.7 Å². The molecule has 0 atom stereocenters. The van der Waals surface area contributed by atoms with E-state index in [1.54, 1.807) is 11.8 Å². The third-order valence-corrected chi connectivity index (χ3v) is 4.48. The normalized spacial score (nSPS) is 13.6. The number of carbonyl (C=O) groups is 1. The van der Waals surface area contributed by atoms with Gasteiger partial charge in [-0.3, -0.25) is 19.7 Å². The van der Waals surface area contributed by atoms with Gasteiger partial charge in [0, 0.05) is 32.1 Å². The summed E-state index contributed by atoms with van der Waals surface area (Å²) >= 11 is 0. The van der Waals surface area contributed by atoms with Gasteiger partial charge in [-0.15, -0.1) is 0 Å². The van der Waals surface area contributed by atoms with E-state index in [-0.39, 0.29) is 5.91 Å². The van der Waals surface area contributed by atoms with E-state index >= 15 is 0 Å². The quantitative estimate of drug-likeness (QED) is 0.794. The minimum atomic E-state index is -0.0398. The lowest BCUT2D eigenvalue weighted by Gasteiger charge is -2.21. The van der Waals surface area contributed by atoms with E-state index < -0.39 is 0 Å². The summed E-state index contributed by atoms with van der Waals surface area (Å²) < 4.78 is 0. The van der Waals surface area contributed by atoms with Gasteiger partial charge >= 0.3 is 0 Å². The molecule has 0 bridgehead atoms. The molecule has 1 aliphatic rings. The Bertz CT molecular complexity index is 873. The molecule has 2 heterocycles. The van der Waals surface area contributed by atoms with E-state index in [0.29, 0.717) is 5.82 Å². The summed E-state index contributed by atoms with van der Waals surface area (Å²) in [5.74, 6) is 0.672. The number of aromatic amines is 1. The van der Waals surface area contributed by atoms with E-state index in [1.165, 1.54) is 5.56 Å². The van der Waals surface area contributed by atoms with Gasteiger partial charge in [-0.05, 0) is 17.7 Å². The maximum atomic E-state index is 12.3. The predicted octanol–water partition coefficient (Wildman–Crippen LogP) is 3.61. The first-order valence-electron chi connectivity index (χ1n) is 8.40. The Kier molecular flexibility index (Phi) is 4.07. The number of nitrogens with zero attached hydrogens (tertiary/aromatic N) is 3. The van der Waals surface area contributed by atoms with Crippen molar-refractivity contribution in [3.8, 4) is 0 Å². The second-order valence-corrected chi connectivity index (χ2v) is 6.33. The van der Waals surface area contributed by atoms with Crippen molar-refractivity contribution in [1.82, 2.24) is 15.1 Å². The van der Waals surface area contributed by atoms with Crippen molar-refractivity contribution < 1.29 is 4.79 Å². The Hall–Kier alpha value is -2.92. The lowest BCUT2D eigenvalue weighted by atomic mass is 10.2. The van der Waals surface area contributed by atoms with E-state index in [1.807, 2.05) is 36.4 Å². The molecule has 0 saturated carbocycles. The zero-order valence-corrected chi connectivity index (χ0v) is 14.1. The van der Waals surface area contributed by atoms with Crippen molar-refractivity contribution in [2.75, 3.05) is 4.90 Å². The molecule has 1 N–H and O–H groups in total. The molecule has 0 unspecified atom stereocenters. The van der Waals surface area contributed by atoms with Crippen LogP contribution < -0.4 is 4.90 Å². The number of fused-ring (bicyclic) bond motifs is 1. The molecule has 1 aliphatic heterocycles. The standard InChI is InChI=1S/C20H20N4O/c1-15(25)24(17-10-6-3-7-11-17)20-18-13-23(14-19(18)21-22-20)12-16-8-4-2-5-9-16/h2-11H,12-14H2,1H3,(H,21,22). The second kappa shape index (κ2) is 6.53. The highest BCUT2D eigenvalue weighted by atomic mass is 16.2. The predicted molar refractivity (Wildman–Crippen MR) is 97.2 cm³/mol. The van der Waals surface area contributed by atoms with Gasteiger partial charge < -0.3 is 0 Å². The Morgan fingerprint density at radius 2 is 1.76 bits per heavy atom.